The molecule has 4 rings (SSSR count). The Labute approximate surface area is 178 Å². The van der Waals surface area contributed by atoms with E-state index in [4.69, 9.17) is 18.6 Å². The summed E-state index contributed by atoms with van der Waals surface area (Å²) in [6.45, 7) is 2.01. The fraction of sp³-hybridized carbons (Fsp3) is 0.318. The number of carbonyl (C=O) groups is 2. The minimum atomic E-state index is -0.499. The van der Waals surface area contributed by atoms with E-state index in [-0.39, 0.29) is 24.8 Å². The molecule has 0 saturated carbocycles. The van der Waals surface area contributed by atoms with Gasteiger partial charge < -0.3 is 28.8 Å². The lowest BCUT2D eigenvalue weighted by molar-refractivity contribution is -0.122. The number of nitrogens with one attached hydrogen (secondary N) is 1. The summed E-state index contributed by atoms with van der Waals surface area (Å²) in [6.07, 6.45) is 0.105. The smallest absolute Gasteiger partial charge is 0.229 e. The van der Waals surface area contributed by atoms with Crippen LogP contribution in [0, 0.1) is 12.8 Å². The van der Waals surface area contributed by atoms with Gasteiger partial charge in [-0.25, -0.2) is 4.98 Å². The number of ether oxygens (including phenoxy) is 3. The van der Waals surface area contributed by atoms with Crippen molar-refractivity contribution in [2.75, 3.05) is 38.1 Å². The molecular weight excluding hydrogens is 402 g/mol. The topological polar surface area (TPSA) is 103 Å². The average Bonchev–Trinajstić information content (AvgIpc) is 3.33. The van der Waals surface area contributed by atoms with Gasteiger partial charge in [-0.15, -0.1) is 0 Å². The number of anilines is 2. The third kappa shape index (κ3) is 3.86. The number of oxazole rings is 1. The fourth-order valence-corrected chi connectivity index (χ4v) is 3.72. The number of carbonyl (C=O) groups excluding carboxylic acids is 2. The van der Waals surface area contributed by atoms with Crippen LogP contribution in [0.3, 0.4) is 0 Å². The maximum atomic E-state index is 12.8. The van der Waals surface area contributed by atoms with E-state index >= 15 is 0 Å². The Morgan fingerprint density at radius 2 is 1.84 bits per heavy atom. The first-order valence-electron chi connectivity index (χ1n) is 9.72. The molecule has 1 unspecified atom stereocenters. The number of amides is 2. The number of methoxy groups -OCH3 is 3. The van der Waals surface area contributed by atoms with Gasteiger partial charge >= 0.3 is 0 Å². The average molecular weight is 425 g/mol. The van der Waals surface area contributed by atoms with E-state index in [1.165, 1.54) is 21.3 Å². The van der Waals surface area contributed by atoms with Crippen LogP contribution in [0.2, 0.25) is 0 Å². The zero-order chi connectivity index (χ0) is 22.1. The van der Waals surface area contributed by atoms with Crippen LogP contribution in [0.25, 0.3) is 11.1 Å². The third-order valence-corrected chi connectivity index (χ3v) is 5.22. The van der Waals surface area contributed by atoms with Gasteiger partial charge in [0.15, 0.2) is 23.0 Å². The number of aromatic nitrogens is 1. The second-order valence-corrected chi connectivity index (χ2v) is 7.19. The van der Waals surface area contributed by atoms with Gasteiger partial charge in [-0.2, -0.15) is 0 Å². The molecule has 31 heavy (non-hydrogen) atoms. The minimum absolute atomic E-state index is 0.105. The van der Waals surface area contributed by atoms with Crippen LogP contribution < -0.4 is 24.4 Å². The Kier molecular flexibility index (Phi) is 5.41. The van der Waals surface area contributed by atoms with Crippen LogP contribution in [0.5, 0.6) is 17.2 Å². The molecule has 1 N–H and O–H groups in total. The van der Waals surface area contributed by atoms with E-state index in [1.807, 2.05) is 0 Å². The van der Waals surface area contributed by atoms with Gasteiger partial charge in [-0.3, -0.25) is 9.59 Å². The lowest BCUT2D eigenvalue weighted by Crippen LogP contribution is -2.28. The van der Waals surface area contributed by atoms with Crippen LogP contribution in [0.15, 0.2) is 34.7 Å². The first-order valence-corrected chi connectivity index (χ1v) is 9.72. The van der Waals surface area contributed by atoms with Crippen molar-refractivity contribution in [2.24, 2.45) is 5.92 Å². The molecule has 162 valence electrons. The summed E-state index contributed by atoms with van der Waals surface area (Å²) < 4.78 is 21.5. The Morgan fingerprint density at radius 3 is 2.48 bits per heavy atom. The molecule has 1 fully saturated rings. The Bertz CT molecular complexity index is 1130. The number of nitrogens with zero attached hydrogens (tertiary/aromatic N) is 2. The highest BCUT2D eigenvalue weighted by Crippen LogP contribution is 2.42. The molecule has 3 aromatic rings. The summed E-state index contributed by atoms with van der Waals surface area (Å²) in [5.41, 5.74) is 2.50. The van der Waals surface area contributed by atoms with Crippen molar-refractivity contribution in [1.29, 1.82) is 0 Å². The molecule has 2 heterocycles. The predicted octanol–water partition coefficient (Wildman–Crippen LogP) is 3.15. The van der Waals surface area contributed by atoms with Crippen molar-refractivity contribution in [3.05, 3.63) is 36.2 Å². The number of hydrogen-bond donors (Lipinski definition) is 1. The van der Waals surface area contributed by atoms with E-state index < -0.39 is 5.92 Å². The molecule has 0 spiro atoms. The van der Waals surface area contributed by atoms with E-state index in [0.29, 0.717) is 45.6 Å². The number of hydrogen-bond acceptors (Lipinski definition) is 7. The summed E-state index contributed by atoms with van der Waals surface area (Å²) >= 11 is 0. The predicted molar refractivity (Wildman–Crippen MR) is 114 cm³/mol. The number of benzene rings is 2. The molecule has 0 aliphatic carbocycles. The highest BCUT2D eigenvalue weighted by atomic mass is 16.5. The molecule has 1 aliphatic rings. The molecular formula is C22H23N3O6. The second kappa shape index (κ2) is 8.17. The van der Waals surface area contributed by atoms with Gasteiger partial charge in [-0.1, -0.05) is 0 Å². The van der Waals surface area contributed by atoms with E-state index in [1.54, 1.807) is 42.2 Å². The summed E-state index contributed by atoms with van der Waals surface area (Å²) in [5.74, 6) is 0.984. The van der Waals surface area contributed by atoms with Crippen molar-refractivity contribution in [3.8, 4) is 17.2 Å². The fourth-order valence-electron chi connectivity index (χ4n) is 3.72. The number of fused-ring (bicyclic) bond motifs is 1. The highest BCUT2D eigenvalue weighted by molar-refractivity contribution is 6.04. The summed E-state index contributed by atoms with van der Waals surface area (Å²) in [4.78, 5) is 31.3. The zero-order valence-electron chi connectivity index (χ0n) is 17.7. The molecule has 9 heteroatoms. The van der Waals surface area contributed by atoms with E-state index in [9.17, 15) is 9.59 Å². The maximum Gasteiger partial charge on any atom is 0.229 e. The van der Waals surface area contributed by atoms with Gasteiger partial charge in [0.25, 0.3) is 0 Å². The van der Waals surface area contributed by atoms with Gasteiger partial charge in [0.2, 0.25) is 17.6 Å². The maximum absolute atomic E-state index is 12.8. The van der Waals surface area contributed by atoms with Gasteiger partial charge in [0, 0.05) is 37.7 Å². The minimum Gasteiger partial charge on any atom is -0.493 e. The Balaban J connectivity index is 1.52. The molecule has 2 aromatic carbocycles. The second-order valence-electron chi connectivity index (χ2n) is 7.19. The quantitative estimate of drug-likeness (QED) is 0.647. The number of aryl methyl sites for hydroxylation is 1. The third-order valence-electron chi connectivity index (χ3n) is 5.22. The van der Waals surface area contributed by atoms with E-state index in [2.05, 4.69) is 10.3 Å². The zero-order valence-corrected chi connectivity index (χ0v) is 17.7. The largest absolute Gasteiger partial charge is 0.493 e. The van der Waals surface area contributed by atoms with Crippen molar-refractivity contribution < 1.29 is 28.2 Å². The molecule has 1 atom stereocenters. The lowest BCUT2D eigenvalue weighted by Gasteiger charge is -2.20. The van der Waals surface area contributed by atoms with Crippen LogP contribution >= 0.6 is 0 Å². The van der Waals surface area contributed by atoms with Crippen LogP contribution in [-0.4, -0.2) is 44.7 Å². The summed E-state index contributed by atoms with van der Waals surface area (Å²) in [6, 6.07) is 8.64. The first-order chi connectivity index (χ1) is 14.9. The monoisotopic (exact) mass is 425 g/mol. The molecule has 1 aliphatic heterocycles. The molecule has 2 amide bonds. The van der Waals surface area contributed by atoms with Crippen LogP contribution in [0.4, 0.5) is 11.4 Å². The van der Waals surface area contributed by atoms with Crippen molar-refractivity contribution in [3.63, 3.8) is 0 Å². The molecule has 0 bridgehead atoms. The summed E-state index contributed by atoms with van der Waals surface area (Å²) in [5, 5.41) is 2.87. The van der Waals surface area contributed by atoms with Gasteiger partial charge in [-0.05, 0) is 18.2 Å². The molecule has 1 saturated heterocycles. The van der Waals surface area contributed by atoms with E-state index in [0.717, 1.165) is 0 Å². The SMILES string of the molecule is COc1cc(N2CC(C(=O)Nc3ccc4oc(C)nc4c3)CC2=O)cc(OC)c1OC. The number of rotatable bonds is 6. The highest BCUT2D eigenvalue weighted by Gasteiger charge is 2.36. The van der Waals surface area contributed by atoms with Crippen LogP contribution in [-0.2, 0) is 9.59 Å². The van der Waals surface area contributed by atoms with Gasteiger partial charge in [0.05, 0.1) is 32.9 Å². The Hall–Kier alpha value is -3.75. The summed E-state index contributed by atoms with van der Waals surface area (Å²) in [7, 11) is 4.53. The lowest BCUT2D eigenvalue weighted by atomic mass is 10.1. The Morgan fingerprint density at radius 1 is 1.13 bits per heavy atom. The van der Waals surface area contributed by atoms with Crippen molar-refractivity contribution >= 4 is 34.3 Å². The first kappa shape index (κ1) is 20.5. The van der Waals surface area contributed by atoms with Gasteiger partial charge in [0.1, 0.15) is 5.52 Å². The molecule has 1 aromatic heterocycles. The standard InChI is InChI=1S/C22H23N3O6/c1-12-23-16-8-14(5-6-17(16)31-12)24-22(27)13-7-20(26)25(11-13)15-9-18(28-2)21(30-4)19(10-15)29-3/h5-6,8-10,13H,7,11H2,1-4H3,(H,24,27). The molecule has 0 radical (unpaired) electrons. The normalized spacial score (nSPS) is 15.9. The van der Waals surface area contributed by atoms with Crippen LogP contribution in [0.1, 0.15) is 12.3 Å². The van der Waals surface area contributed by atoms with Crippen molar-refractivity contribution in [2.45, 2.75) is 13.3 Å². The van der Waals surface area contributed by atoms with Crippen molar-refractivity contribution in [1.82, 2.24) is 4.98 Å². The molecule has 9 nitrogen and oxygen atoms in total.